The van der Waals surface area contributed by atoms with Gasteiger partial charge in [0.25, 0.3) is 0 Å². The summed E-state index contributed by atoms with van der Waals surface area (Å²) in [6, 6.07) is 0. The summed E-state index contributed by atoms with van der Waals surface area (Å²) in [5.41, 5.74) is 0. The Morgan fingerprint density at radius 2 is 1.00 bits per heavy atom. The molecule has 2 saturated carbocycles. The number of ether oxygens (including phenoxy) is 5. The molecular weight excluding hydrogens is 336 g/mol. The fourth-order valence-corrected chi connectivity index (χ4v) is 2.45. The molecule has 0 aromatic carbocycles. The zero-order chi connectivity index (χ0) is 18.4. The van der Waals surface area contributed by atoms with Crippen molar-refractivity contribution in [2.75, 3.05) is 40.6 Å². The van der Waals surface area contributed by atoms with E-state index in [0.29, 0.717) is 12.8 Å². The zero-order valence-electron chi connectivity index (χ0n) is 14.2. The van der Waals surface area contributed by atoms with Crippen molar-refractivity contribution in [1.82, 2.24) is 0 Å². The molecule has 2 aliphatic rings. The van der Waals surface area contributed by atoms with Gasteiger partial charge in [-0.15, -0.1) is 0 Å². The summed E-state index contributed by atoms with van der Waals surface area (Å²) in [5.74, 6) is -3.30. The van der Waals surface area contributed by atoms with Crippen LogP contribution in [0.25, 0.3) is 0 Å². The Kier molecular flexibility index (Phi) is 6.74. The van der Waals surface area contributed by atoms with Gasteiger partial charge in [-0.25, -0.2) is 0 Å². The molecule has 0 aromatic heterocycles. The predicted molar refractivity (Wildman–Crippen MR) is 80.0 cm³/mol. The molecule has 2 aliphatic carbocycles. The first-order chi connectivity index (χ1) is 12.0. The number of carbonyl (C=O) groups is 4. The van der Waals surface area contributed by atoms with Crippen molar-refractivity contribution in [1.29, 1.82) is 0 Å². The van der Waals surface area contributed by atoms with Crippen LogP contribution in [0.1, 0.15) is 12.8 Å². The van der Waals surface area contributed by atoms with Gasteiger partial charge in [0, 0.05) is 0 Å². The van der Waals surface area contributed by atoms with Gasteiger partial charge in [0.15, 0.2) is 0 Å². The maximum atomic E-state index is 11.6. The van der Waals surface area contributed by atoms with Crippen LogP contribution < -0.4 is 0 Å². The molecule has 2 fully saturated rings. The highest BCUT2D eigenvalue weighted by Gasteiger charge is 2.50. The lowest BCUT2D eigenvalue weighted by Gasteiger charge is -2.07. The van der Waals surface area contributed by atoms with Gasteiger partial charge in [-0.05, 0) is 12.8 Å². The highest BCUT2D eigenvalue weighted by atomic mass is 16.6. The van der Waals surface area contributed by atoms with Crippen molar-refractivity contribution >= 4 is 23.9 Å². The monoisotopic (exact) mass is 358 g/mol. The molecule has 0 spiro atoms. The summed E-state index contributed by atoms with van der Waals surface area (Å²) >= 11 is 0. The summed E-state index contributed by atoms with van der Waals surface area (Å²) in [4.78, 5) is 45.6. The molecule has 0 amide bonds. The third-order valence-electron chi connectivity index (χ3n) is 4.14. The van der Waals surface area contributed by atoms with Gasteiger partial charge in [-0.1, -0.05) is 0 Å². The minimum Gasteiger partial charge on any atom is -0.469 e. The number of hydrogen-bond donors (Lipinski definition) is 0. The summed E-state index contributed by atoms with van der Waals surface area (Å²) in [6.45, 7) is 0.439. The fourth-order valence-electron chi connectivity index (χ4n) is 2.45. The van der Waals surface area contributed by atoms with Crippen LogP contribution in [-0.2, 0) is 42.9 Å². The molecule has 0 radical (unpaired) electrons. The summed E-state index contributed by atoms with van der Waals surface area (Å²) in [6.07, 6.45) is 0.909. The van der Waals surface area contributed by atoms with Crippen molar-refractivity contribution < 1.29 is 42.9 Å². The highest BCUT2D eigenvalue weighted by molar-refractivity contribution is 5.87. The Morgan fingerprint density at radius 1 is 0.640 bits per heavy atom. The van der Waals surface area contributed by atoms with E-state index >= 15 is 0 Å². The van der Waals surface area contributed by atoms with Gasteiger partial charge >= 0.3 is 23.9 Å². The van der Waals surface area contributed by atoms with E-state index in [9.17, 15) is 19.2 Å². The topological polar surface area (TPSA) is 114 Å². The van der Waals surface area contributed by atoms with Crippen molar-refractivity contribution in [3.8, 4) is 0 Å². The average Bonchev–Trinajstić information content (AvgIpc) is 3.51. The van der Waals surface area contributed by atoms with Crippen LogP contribution in [0.4, 0.5) is 0 Å². The molecule has 0 saturated heterocycles. The van der Waals surface area contributed by atoms with Crippen LogP contribution >= 0.6 is 0 Å². The van der Waals surface area contributed by atoms with E-state index in [4.69, 9.17) is 14.2 Å². The van der Waals surface area contributed by atoms with Crippen molar-refractivity contribution in [3.05, 3.63) is 0 Å². The van der Waals surface area contributed by atoms with Crippen LogP contribution in [-0.4, -0.2) is 64.5 Å². The molecule has 0 N–H and O–H groups in total. The van der Waals surface area contributed by atoms with E-state index in [-0.39, 0.29) is 26.4 Å². The summed E-state index contributed by atoms with van der Waals surface area (Å²) in [5, 5.41) is 0. The number of carbonyl (C=O) groups excluding carboxylic acids is 4. The van der Waals surface area contributed by atoms with E-state index in [2.05, 4.69) is 9.47 Å². The van der Waals surface area contributed by atoms with Crippen LogP contribution in [0.15, 0.2) is 0 Å². The molecule has 25 heavy (non-hydrogen) atoms. The molecule has 0 heterocycles. The minimum atomic E-state index is -0.437. The standard InChI is InChI=1S/C16H22O9/c1-21-13(17)9-7-11(9)15(19)24-5-3-23-4-6-25-16(20)12-8-10(12)14(18)22-2/h9-12H,3-8H2,1-2H3/t9-,10+,11-,12+. The maximum Gasteiger partial charge on any atom is 0.309 e. The number of rotatable bonds is 10. The molecular formula is C16H22O9. The third kappa shape index (κ3) is 5.42. The molecule has 0 bridgehead atoms. The smallest absolute Gasteiger partial charge is 0.309 e. The number of esters is 4. The Labute approximate surface area is 144 Å². The van der Waals surface area contributed by atoms with Crippen LogP contribution in [0.2, 0.25) is 0 Å². The van der Waals surface area contributed by atoms with Gasteiger partial charge in [-0.3, -0.25) is 19.2 Å². The van der Waals surface area contributed by atoms with Gasteiger partial charge < -0.3 is 23.7 Å². The van der Waals surface area contributed by atoms with E-state index < -0.39 is 47.5 Å². The van der Waals surface area contributed by atoms with E-state index in [1.807, 2.05) is 0 Å². The molecule has 2 rings (SSSR count). The maximum absolute atomic E-state index is 11.6. The third-order valence-corrected chi connectivity index (χ3v) is 4.14. The van der Waals surface area contributed by atoms with Gasteiger partial charge in [-0.2, -0.15) is 0 Å². The van der Waals surface area contributed by atoms with Gasteiger partial charge in [0.2, 0.25) is 0 Å². The van der Waals surface area contributed by atoms with E-state index in [1.165, 1.54) is 14.2 Å². The van der Waals surface area contributed by atoms with Crippen LogP contribution in [0, 0.1) is 23.7 Å². The molecule has 0 unspecified atom stereocenters. The molecule has 9 heteroatoms. The van der Waals surface area contributed by atoms with Crippen molar-refractivity contribution in [3.63, 3.8) is 0 Å². The second-order valence-corrected chi connectivity index (χ2v) is 5.89. The normalized spacial score (nSPS) is 26.3. The molecule has 4 atom stereocenters. The first kappa shape index (κ1) is 19.2. The van der Waals surface area contributed by atoms with Gasteiger partial charge in [0.05, 0.1) is 51.1 Å². The first-order valence-corrected chi connectivity index (χ1v) is 8.06. The van der Waals surface area contributed by atoms with Crippen LogP contribution in [0.3, 0.4) is 0 Å². The van der Waals surface area contributed by atoms with Gasteiger partial charge in [0.1, 0.15) is 13.2 Å². The lowest BCUT2D eigenvalue weighted by atomic mass is 10.3. The summed E-state index contributed by atoms with van der Waals surface area (Å²) in [7, 11) is 2.56. The average molecular weight is 358 g/mol. The predicted octanol–water partition coefficient (Wildman–Crippen LogP) is -0.292. The minimum absolute atomic E-state index is 0.0597. The van der Waals surface area contributed by atoms with E-state index in [1.54, 1.807) is 0 Å². The van der Waals surface area contributed by atoms with Crippen molar-refractivity contribution in [2.45, 2.75) is 12.8 Å². The summed E-state index contributed by atoms with van der Waals surface area (Å²) < 4.78 is 24.3. The molecule has 140 valence electrons. The Balaban J connectivity index is 1.44. The van der Waals surface area contributed by atoms with Crippen LogP contribution in [0.5, 0.6) is 0 Å². The Morgan fingerprint density at radius 3 is 1.36 bits per heavy atom. The first-order valence-electron chi connectivity index (χ1n) is 8.06. The Hall–Kier alpha value is -2.16. The SMILES string of the molecule is COC(=O)[C@H]1C[C@@H]1C(=O)OCCOCCOC(=O)[C@@H]1C[C@H]1C(=O)OC. The molecule has 0 aliphatic heterocycles. The Bertz CT molecular complexity index is 484. The largest absolute Gasteiger partial charge is 0.469 e. The molecule has 0 aromatic rings. The molecule has 9 nitrogen and oxygen atoms in total. The zero-order valence-corrected chi connectivity index (χ0v) is 14.2. The number of methoxy groups -OCH3 is 2. The second kappa shape index (κ2) is 8.80. The van der Waals surface area contributed by atoms with E-state index in [0.717, 1.165) is 0 Å². The highest BCUT2D eigenvalue weighted by Crippen LogP contribution is 2.40. The lowest BCUT2D eigenvalue weighted by Crippen LogP contribution is -2.18. The lowest BCUT2D eigenvalue weighted by molar-refractivity contribution is -0.152. The fraction of sp³-hybridized carbons (Fsp3) is 0.750. The second-order valence-electron chi connectivity index (χ2n) is 5.89. The van der Waals surface area contributed by atoms with Crippen molar-refractivity contribution in [2.24, 2.45) is 23.7 Å². The quantitative estimate of drug-likeness (QED) is 0.295. The number of hydrogen-bond acceptors (Lipinski definition) is 9.